The summed E-state index contributed by atoms with van der Waals surface area (Å²) in [6.07, 6.45) is 3.83. The molecule has 0 bridgehead atoms. The Kier molecular flexibility index (Phi) is 4.09. The van der Waals surface area contributed by atoms with Gasteiger partial charge in [-0.05, 0) is 95.5 Å². The fourth-order valence-corrected chi connectivity index (χ4v) is 7.60. The van der Waals surface area contributed by atoms with Crippen LogP contribution in [0.25, 0.3) is 0 Å². The van der Waals surface area contributed by atoms with Crippen LogP contribution in [0.4, 0.5) is 0 Å². The average molecular weight is 316 g/mol. The van der Waals surface area contributed by atoms with Crippen LogP contribution in [-0.2, 0) is 0 Å². The molecule has 1 aliphatic rings. The number of hydrogen-bond acceptors (Lipinski definition) is 2. The lowest BCUT2D eigenvalue weighted by Crippen LogP contribution is -2.16. The lowest BCUT2D eigenvalue weighted by atomic mass is 10.2. The van der Waals surface area contributed by atoms with Gasteiger partial charge in [-0.15, -0.1) is 0 Å². The molecule has 3 rings (SSSR count). The minimum absolute atomic E-state index is 0.371. The van der Waals surface area contributed by atoms with Crippen molar-refractivity contribution in [2.45, 2.75) is 42.9 Å². The summed E-state index contributed by atoms with van der Waals surface area (Å²) in [7, 11) is -1.06. The zero-order valence-corrected chi connectivity index (χ0v) is 14.1. The summed E-state index contributed by atoms with van der Waals surface area (Å²) < 4.78 is 0. The first-order valence-corrected chi connectivity index (χ1v) is 9.88. The van der Waals surface area contributed by atoms with E-state index >= 15 is 0 Å². The molecule has 0 radical (unpaired) electrons. The zero-order chi connectivity index (χ0) is 15.7. The van der Waals surface area contributed by atoms with Crippen molar-refractivity contribution in [1.82, 2.24) is 0 Å². The van der Waals surface area contributed by atoms with E-state index in [4.69, 9.17) is 0 Å². The molecule has 0 saturated carbocycles. The quantitative estimate of drug-likeness (QED) is 0.807. The molecule has 0 atom stereocenters. The highest BCUT2D eigenvalue weighted by Gasteiger charge is 2.31. The molecule has 0 aliphatic carbocycles. The van der Waals surface area contributed by atoms with E-state index in [1.807, 2.05) is 26.0 Å². The average Bonchev–Trinajstić information content (AvgIpc) is 2.53. The summed E-state index contributed by atoms with van der Waals surface area (Å²) in [5.74, 6) is 3.16. The molecule has 2 aromatic rings. The van der Waals surface area contributed by atoms with Crippen molar-refractivity contribution in [3.05, 3.63) is 47.5 Å². The number of hydrogen-bond donors (Lipinski definition) is 2. The maximum atomic E-state index is 9.85. The highest BCUT2D eigenvalue weighted by molar-refractivity contribution is 8.33. The SMILES string of the molecule is Cc1cc(S2(c3ccc(O)c(C)c3)CCCCC2)ccc1O. The van der Waals surface area contributed by atoms with E-state index in [0.717, 1.165) is 11.1 Å². The molecule has 1 fully saturated rings. The smallest absolute Gasteiger partial charge is 0.118 e. The molecule has 1 saturated heterocycles. The molecule has 2 nitrogen and oxygen atoms in total. The minimum atomic E-state index is -1.06. The normalized spacial score (nSPS) is 18.8. The van der Waals surface area contributed by atoms with Gasteiger partial charge in [0.15, 0.2) is 0 Å². The second-order valence-electron chi connectivity index (χ2n) is 6.25. The molecule has 1 heterocycles. The van der Waals surface area contributed by atoms with E-state index in [0.29, 0.717) is 11.5 Å². The monoisotopic (exact) mass is 316 g/mol. The number of aromatic hydroxyl groups is 2. The van der Waals surface area contributed by atoms with Crippen LogP contribution in [-0.4, -0.2) is 21.7 Å². The Balaban J connectivity index is 2.15. The Morgan fingerprint density at radius 1 is 0.727 bits per heavy atom. The Labute approximate surface area is 134 Å². The van der Waals surface area contributed by atoms with Gasteiger partial charge in [-0.3, -0.25) is 0 Å². The van der Waals surface area contributed by atoms with Crippen LogP contribution in [0.3, 0.4) is 0 Å². The van der Waals surface area contributed by atoms with Crippen LogP contribution >= 0.6 is 10.0 Å². The number of benzene rings is 2. The number of aryl methyl sites for hydroxylation is 2. The van der Waals surface area contributed by atoms with Gasteiger partial charge in [0, 0.05) is 0 Å². The van der Waals surface area contributed by atoms with Crippen molar-refractivity contribution >= 4 is 10.0 Å². The molecule has 1 aliphatic heterocycles. The molecule has 2 aromatic carbocycles. The molecule has 2 N–H and O–H groups in total. The van der Waals surface area contributed by atoms with Gasteiger partial charge >= 0.3 is 0 Å². The van der Waals surface area contributed by atoms with Gasteiger partial charge in [0.05, 0.1) is 0 Å². The molecule has 3 heteroatoms. The second kappa shape index (κ2) is 5.88. The van der Waals surface area contributed by atoms with Crippen molar-refractivity contribution < 1.29 is 10.2 Å². The number of phenolic OH excluding ortho intramolecular Hbond substituents is 2. The molecule has 118 valence electrons. The summed E-state index contributed by atoms with van der Waals surface area (Å²) in [4.78, 5) is 2.74. The number of phenols is 2. The Morgan fingerprint density at radius 2 is 1.18 bits per heavy atom. The highest BCUT2D eigenvalue weighted by Crippen LogP contribution is 2.65. The van der Waals surface area contributed by atoms with Gasteiger partial charge in [-0.2, -0.15) is 10.0 Å². The minimum Gasteiger partial charge on any atom is -0.508 e. The zero-order valence-electron chi connectivity index (χ0n) is 13.3. The van der Waals surface area contributed by atoms with Crippen molar-refractivity contribution in [1.29, 1.82) is 0 Å². The van der Waals surface area contributed by atoms with Crippen LogP contribution in [0.2, 0.25) is 0 Å². The predicted octanol–water partition coefficient (Wildman–Crippen LogP) is 5.12. The fraction of sp³-hybridized carbons (Fsp3) is 0.368. The van der Waals surface area contributed by atoms with Gasteiger partial charge in [-0.25, -0.2) is 0 Å². The van der Waals surface area contributed by atoms with E-state index in [9.17, 15) is 10.2 Å². The van der Waals surface area contributed by atoms with Gasteiger partial charge < -0.3 is 10.2 Å². The number of rotatable bonds is 2. The van der Waals surface area contributed by atoms with Gasteiger partial charge in [0.25, 0.3) is 0 Å². The molecule has 22 heavy (non-hydrogen) atoms. The Morgan fingerprint density at radius 3 is 1.59 bits per heavy atom. The van der Waals surface area contributed by atoms with Crippen molar-refractivity contribution in [2.75, 3.05) is 11.5 Å². The van der Waals surface area contributed by atoms with Crippen LogP contribution in [0.1, 0.15) is 30.4 Å². The molecule has 0 aromatic heterocycles. The topological polar surface area (TPSA) is 40.5 Å². The highest BCUT2D eigenvalue weighted by atomic mass is 32.3. The third-order valence-corrected chi connectivity index (χ3v) is 9.01. The van der Waals surface area contributed by atoms with Gasteiger partial charge in [0.2, 0.25) is 0 Å². The van der Waals surface area contributed by atoms with E-state index < -0.39 is 10.0 Å². The standard InChI is InChI=1S/C19H24O2S/c1-14-12-16(6-8-18(14)20)22(10-4-3-5-11-22)17-7-9-19(21)15(2)13-17/h6-9,12-13,20-21H,3-5,10-11H2,1-2H3. The summed E-state index contributed by atoms with van der Waals surface area (Å²) in [6, 6.07) is 12.2. The van der Waals surface area contributed by atoms with Crippen LogP contribution in [0.15, 0.2) is 46.2 Å². The van der Waals surface area contributed by atoms with E-state index in [-0.39, 0.29) is 0 Å². The first kappa shape index (κ1) is 15.3. The van der Waals surface area contributed by atoms with Crippen LogP contribution < -0.4 is 0 Å². The molecule has 0 amide bonds. The lowest BCUT2D eigenvalue weighted by Gasteiger charge is -2.44. The first-order chi connectivity index (χ1) is 10.5. The maximum Gasteiger partial charge on any atom is 0.118 e. The van der Waals surface area contributed by atoms with E-state index in [2.05, 4.69) is 24.3 Å². The van der Waals surface area contributed by atoms with Crippen LogP contribution in [0.5, 0.6) is 11.5 Å². The largest absolute Gasteiger partial charge is 0.508 e. The fourth-order valence-electron chi connectivity index (χ4n) is 3.33. The van der Waals surface area contributed by atoms with Gasteiger partial charge in [-0.1, -0.05) is 6.42 Å². The third-order valence-electron chi connectivity index (χ3n) is 4.72. The summed E-state index contributed by atoms with van der Waals surface area (Å²) in [5.41, 5.74) is 1.90. The van der Waals surface area contributed by atoms with Crippen molar-refractivity contribution in [3.63, 3.8) is 0 Å². The molecular weight excluding hydrogens is 292 g/mol. The molecule has 0 unspecified atom stereocenters. The van der Waals surface area contributed by atoms with Crippen LogP contribution in [0, 0.1) is 13.8 Å². The van der Waals surface area contributed by atoms with Crippen molar-refractivity contribution in [3.8, 4) is 11.5 Å². The van der Waals surface area contributed by atoms with Gasteiger partial charge in [0.1, 0.15) is 11.5 Å². The van der Waals surface area contributed by atoms with E-state index in [1.54, 1.807) is 0 Å². The Bertz CT molecular complexity index is 634. The second-order valence-corrected chi connectivity index (χ2v) is 9.78. The molecular formula is C19H24O2S. The Hall–Kier alpha value is -1.61. The summed E-state index contributed by atoms with van der Waals surface area (Å²) >= 11 is 0. The van der Waals surface area contributed by atoms with Crippen molar-refractivity contribution in [2.24, 2.45) is 0 Å². The first-order valence-electron chi connectivity index (χ1n) is 7.91. The van der Waals surface area contributed by atoms with E-state index in [1.165, 1.54) is 40.6 Å². The molecule has 0 spiro atoms. The summed E-state index contributed by atoms with van der Waals surface area (Å²) in [5, 5.41) is 19.7. The lowest BCUT2D eigenvalue weighted by molar-refractivity contribution is 0.470. The third kappa shape index (κ3) is 2.58. The maximum absolute atomic E-state index is 9.85. The summed E-state index contributed by atoms with van der Waals surface area (Å²) in [6.45, 7) is 3.94. The predicted molar refractivity (Wildman–Crippen MR) is 93.4 cm³/mol.